The van der Waals surface area contributed by atoms with Crippen LogP contribution in [0.5, 0.6) is 11.5 Å². The molecule has 3 aromatic heterocycles. The van der Waals surface area contributed by atoms with Crippen LogP contribution in [0.1, 0.15) is 11.3 Å². The van der Waals surface area contributed by atoms with Crippen molar-refractivity contribution in [3.05, 3.63) is 84.2 Å². The topological polar surface area (TPSA) is 109 Å². The van der Waals surface area contributed by atoms with Crippen molar-refractivity contribution in [3.8, 4) is 23.0 Å². The molecule has 1 aliphatic heterocycles. The van der Waals surface area contributed by atoms with Crippen LogP contribution < -0.4 is 14.8 Å². The summed E-state index contributed by atoms with van der Waals surface area (Å²) in [7, 11) is 0. The van der Waals surface area contributed by atoms with Crippen LogP contribution in [0.25, 0.3) is 28.6 Å². The van der Waals surface area contributed by atoms with Crippen LogP contribution in [0.3, 0.4) is 0 Å². The molecule has 11 heteroatoms. The Kier molecular flexibility index (Phi) is 5.14. The maximum atomic E-state index is 13.4. The van der Waals surface area contributed by atoms with Crippen molar-refractivity contribution in [2.24, 2.45) is 0 Å². The number of hydrogen-bond donors (Lipinski definition) is 1. The van der Waals surface area contributed by atoms with E-state index in [2.05, 4.69) is 25.5 Å². The van der Waals surface area contributed by atoms with Gasteiger partial charge in [-0.3, -0.25) is 4.79 Å². The van der Waals surface area contributed by atoms with Gasteiger partial charge < -0.3 is 14.8 Å². The molecule has 1 N–H and O–H groups in total. The first-order valence-electron chi connectivity index (χ1n) is 11.0. The Morgan fingerprint density at radius 1 is 1.06 bits per heavy atom. The van der Waals surface area contributed by atoms with Gasteiger partial charge in [0.2, 0.25) is 12.7 Å². The second kappa shape index (κ2) is 8.62. The Labute approximate surface area is 203 Å². The molecule has 0 bridgehead atoms. The van der Waals surface area contributed by atoms with Gasteiger partial charge in [-0.2, -0.15) is 14.9 Å². The maximum Gasteiger partial charge on any atom is 0.249 e. The number of ether oxygens (including phenoxy) is 2. The minimum absolute atomic E-state index is 0.186. The number of carbonyl (C=O) groups excluding carboxylic acids is 1. The average molecular weight is 483 g/mol. The Balaban J connectivity index is 1.29. The first kappa shape index (κ1) is 21.5. The summed E-state index contributed by atoms with van der Waals surface area (Å²) < 4.78 is 27.2. The van der Waals surface area contributed by atoms with Crippen molar-refractivity contribution in [2.75, 3.05) is 12.1 Å². The van der Waals surface area contributed by atoms with Gasteiger partial charge in [0, 0.05) is 12.1 Å². The van der Waals surface area contributed by atoms with Crippen LogP contribution >= 0.6 is 0 Å². The first-order valence-corrected chi connectivity index (χ1v) is 11.0. The van der Waals surface area contributed by atoms with Gasteiger partial charge in [0.25, 0.3) is 0 Å². The normalized spacial score (nSPS) is 12.5. The molecular weight excluding hydrogens is 465 g/mol. The zero-order valence-corrected chi connectivity index (χ0v) is 18.9. The molecular formula is C25H18FN7O3. The molecule has 4 heterocycles. The van der Waals surface area contributed by atoms with Crippen molar-refractivity contribution in [2.45, 2.75) is 6.92 Å². The van der Waals surface area contributed by atoms with Gasteiger partial charge in [0.1, 0.15) is 18.0 Å². The third-order valence-corrected chi connectivity index (χ3v) is 5.52. The largest absolute Gasteiger partial charge is 0.454 e. The van der Waals surface area contributed by atoms with E-state index in [1.165, 1.54) is 29.2 Å². The van der Waals surface area contributed by atoms with Gasteiger partial charge in [0.05, 0.1) is 23.0 Å². The summed E-state index contributed by atoms with van der Waals surface area (Å²) in [5.41, 5.74) is 2.64. The highest BCUT2D eigenvalue weighted by Gasteiger charge is 2.17. The predicted molar refractivity (Wildman–Crippen MR) is 129 cm³/mol. The Bertz CT molecular complexity index is 1640. The number of nitrogens with one attached hydrogen (secondary N) is 1. The molecule has 1 amide bonds. The Morgan fingerprint density at radius 3 is 2.75 bits per heavy atom. The zero-order chi connectivity index (χ0) is 24.6. The van der Waals surface area contributed by atoms with E-state index in [9.17, 15) is 9.18 Å². The van der Waals surface area contributed by atoms with E-state index in [-0.39, 0.29) is 18.5 Å². The summed E-state index contributed by atoms with van der Waals surface area (Å²) >= 11 is 0. The van der Waals surface area contributed by atoms with Crippen molar-refractivity contribution >= 4 is 28.8 Å². The molecule has 0 saturated carbocycles. The molecule has 10 nitrogen and oxygen atoms in total. The smallest absolute Gasteiger partial charge is 0.249 e. The van der Waals surface area contributed by atoms with Crippen molar-refractivity contribution < 1.29 is 18.7 Å². The molecule has 5 aromatic rings. The lowest BCUT2D eigenvalue weighted by molar-refractivity contribution is -0.111. The molecule has 2 aromatic carbocycles. The average Bonchev–Trinajstić information content (AvgIpc) is 3.61. The molecule has 0 spiro atoms. The molecule has 36 heavy (non-hydrogen) atoms. The number of rotatable bonds is 5. The highest BCUT2D eigenvalue weighted by atomic mass is 19.1. The van der Waals surface area contributed by atoms with Crippen molar-refractivity contribution in [3.63, 3.8) is 0 Å². The second-order valence-corrected chi connectivity index (χ2v) is 7.99. The maximum absolute atomic E-state index is 13.4. The van der Waals surface area contributed by atoms with Crippen LogP contribution in [0.2, 0.25) is 0 Å². The molecule has 0 unspecified atom stereocenters. The van der Waals surface area contributed by atoms with Gasteiger partial charge in [0.15, 0.2) is 23.0 Å². The summed E-state index contributed by atoms with van der Waals surface area (Å²) in [6, 6.07) is 13.1. The number of anilines is 1. The summed E-state index contributed by atoms with van der Waals surface area (Å²) in [5, 5.41) is 12.4. The van der Waals surface area contributed by atoms with Crippen molar-refractivity contribution in [1.82, 2.24) is 29.5 Å². The number of nitrogens with zero attached hydrogens (tertiary/aromatic N) is 6. The number of benzene rings is 2. The van der Waals surface area contributed by atoms with Crippen LogP contribution in [-0.4, -0.2) is 42.2 Å². The number of fused-ring (bicyclic) bond motifs is 2. The van der Waals surface area contributed by atoms with E-state index in [1.807, 2.05) is 13.0 Å². The Hall–Kier alpha value is -5.06. The van der Waals surface area contributed by atoms with E-state index >= 15 is 0 Å². The quantitative estimate of drug-likeness (QED) is 0.379. The fourth-order valence-corrected chi connectivity index (χ4v) is 3.88. The monoisotopic (exact) mass is 483 g/mol. The Morgan fingerprint density at radius 2 is 1.89 bits per heavy atom. The van der Waals surface area contributed by atoms with Gasteiger partial charge in [-0.05, 0) is 55.0 Å². The minimum atomic E-state index is -0.346. The number of amides is 1. The van der Waals surface area contributed by atoms with Gasteiger partial charge in [-0.15, -0.1) is 0 Å². The van der Waals surface area contributed by atoms with E-state index in [0.29, 0.717) is 45.5 Å². The molecule has 178 valence electrons. The summed E-state index contributed by atoms with van der Waals surface area (Å²) in [5.74, 6) is 1.50. The third kappa shape index (κ3) is 3.92. The molecule has 0 fully saturated rings. The van der Waals surface area contributed by atoms with E-state index in [4.69, 9.17) is 9.47 Å². The molecule has 0 atom stereocenters. The minimum Gasteiger partial charge on any atom is -0.454 e. The SMILES string of the molecule is Cc1cc(NC(=O)/C=C/c2ccc3c(c2)OCO3)n(-c2ncnc3c2cnn3-c2ccc(F)cc2)n1. The number of aromatic nitrogens is 6. The van der Waals surface area contributed by atoms with E-state index in [1.54, 1.807) is 47.3 Å². The summed E-state index contributed by atoms with van der Waals surface area (Å²) in [6.07, 6.45) is 6.10. The number of halogens is 1. The molecule has 6 rings (SSSR count). The number of hydrogen-bond acceptors (Lipinski definition) is 7. The fourth-order valence-electron chi connectivity index (χ4n) is 3.88. The molecule has 1 aliphatic rings. The van der Waals surface area contributed by atoms with E-state index in [0.717, 1.165) is 5.56 Å². The summed E-state index contributed by atoms with van der Waals surface area (Å²) in [4.78, 5) is 21.5. The number of carbonyl (C=O) groups is 1. The second-order valence-electron chi connectivity index (χ2n) is 7.99. The molecule has 0 saturated heterocycles. The number of aryl methyl sites for hydroxylation is 1. The summed E-state index contributed by atoms with van der Waals surface area (Å²) in [6.45, 7) is 2.00. The standard InChI is InChI=1S/C25H18FN7O3/c1-15-10-22(30-23(34)9-3-16-2-8-20-21(11-16)36-14-35-20)33(31-15)25-19-12-29-32(24(19)27-13-28-25)18-6-4-17(26)5-7-18/h2-13H,14H2,1H3,(H,30,34)/b9-3+. The van der Waals surface area contributed by atoms with E-state index < -0.39 is 0 Å². The first-order chi connectivity index (χ1) is 17.5. The third-order valence-electron chi connectivity index (χ3n) is 5.52. The lowest BCUT2D eigenvalue weighted by Gasteiger charge is -2.08. The van der Waals surface area contributed by atoms with Crippen LogP contribution in [-0.2, 0) is 4.79 Å². The van der Waals surface area contributed by atoms with Gasteiger partial charge in [-0.1, -0.05) is 6.07 Å². The molecule has 0 radical (unpaired) electrons. The van der Waals surface area contributed by atoms with Crippen molar-refractivity contribution in [1.29, 1.82) is 0 Å². The molecule has 0 aliphatic carbocycles. The van der Waals surface area contributed by atoms with Gasteiger partial charge in [-0.25, -0.2) is 19.0 Å². The van der Waals surface area contributed by atoms with Crippen LogP contribution in [0, 0.1) is 12.7 Å². The lowest BCUT2D eigenvalue weighted by Crippen LogP contribution is -2.13. The highest BCUT2D eigenvalue weighted by Crippen LogP contribution is 2.32. The van der Waals surface area contributed by atoms with Crippen LogP contribution in [0.4, 0.5) is 10.2 Å². The predicted octanol–water partition coefficient (Wildman–Crippen LogP) is 3.83. The van der Waals surface area contributed by atoms with Crippen LogP contribution in [0.15, 0.2) is 67.1 Å². The van der Waals surface area contributed by atoms with Gasteiger partial charge >= 0.3 is 0 Å². The fraction of sp³-hybridized carbons (Fsp3) is 0.0800. The zero-order valence-electron chi connectivity index (χ0n) is 18.9. The lowest BCUT2D eigenvalue weighted by atomic mass is 10.2. The highest BCUT2D eigenvalue weighted by molar-refractivity contribution is 6.01.